The maximum Gasteiger partial charge on any atom is 0.344 e. The molecule has 1 aliphatic heterocycles. The van der Waals surface area contributed by atoms with E-state index in [9.17, 15) is 9.59 Å². The Bertz CT molecular complexity index is 1370. The van der Waals surface area contributed by atoms with E-state index in [1.165, 1.54) is 0 Å². The second-order valence-corrected chi connectivity index (χ2v) is 7.48. The van der Waals surface area contributed by atoms with Crippen molar-refractivity contribution in [3.63, 3.8) is 0 Å². The molecule has 1 aliphatic rings. The number of hydrogen-bond donors (Lipinski definition) is 0. The summed E-state index contributed by atoms with van der Waals surface area (Å²) in [6.45, 7) is 0. The van der Waals surface area contributed by atoms with Crippen LogP contribution in [0.25, 0.3) is 11.0 Å². The molecule has 0 aliphatic carbocycles. The minimum atomic E-state index is -0.970. The van der Waals surface area contributed by atoms with Gasteiger partial charge in [-0.3, -0.25) is 4.79 Å². The van der Waals surface area contributed by atoms with Gasteiger partial charge in [-0.1, -0.05) is 42.5 Å². The number of carbonyl (C=O) groups is 1. The molecule has 0 bridgehead atoms. The molecule has 4 aromatic rings. The second-order valence-electron chi connectivity index (χ2n) is 7.48. The molecule has 6 nitrogen and oxygen atoms in total. The average molecular weight is 428 g/mol. The fourth-order valence-corrected chi connectivity index (χ4v) is 4.25. The van der Waals surface area contributed by atoms with E-state index in [-0.39, 0.29) is 5.78 Å². The number of hydrogen-bond acceptors (Lipinski definition) is 6. The van der Waals surface area contributed by atoms with Crippen molar-refractivity contribution in [3.05, 3.63) is 99.9 Å². The smallest absolute Gasteiger partial charge is 0.344 e. The average Bonchev–Trinajstić information content (AvgIpc) is 3.25. The van der Waals surface area contributed by atoms with Gasteiger partial charge in [0.25, 0.3) is 0 Å². The van der Waals surface area contributed by atoms with Crippen LogP contribution in [0.3, 0.4) is 0 Å². The highest BCUT2D eigenvalue weighted by atomic mass is 16.5. The number of Topliss-reactive ketones (excluding diaryl/α,β-unsaturated/α-hetero) is 1. The molecule has 0 amide bonds. The molecule has 6 heteroatoms. The predicted molar refractivity (Wildman–Crippen MR) is 119 cm³/mol. The Morgan fingerprint density at radius 1 is 0.906 bits per heavy atom. The topological polar surface area (TPSA) is 75.0 Å². The first kappa shape index (κ1) is 19.9. The molecule has 1 aromatic heterocycles. The largest absolute Gasteiger partial charge is 0.497 e. The number of ether oxygens (including phenoxy) is 3. The van der Waals surface area contributed by atoms with Gasteiger partial charge in [0.15, 0.2) is 6.10 Å². The number of ketones is 1. The first-order valence-electron chi connectivity index (χ1n) is 10.2. The fourth-order valence-electron chi connectivity index (χ4n) is 4.25. The van der Waals surface area contributed by atoms with Gasteiger partial charge in [0.05, 0.1) is 31.1 Å². The van der Waals surface area contributed by atoms with Crippen LogP contribution in [0.4, 0.5) is 0 Å². The van der Waals surface area contributed by atoms with Crippen LogP contribution in [0.5, 0.6) is 17.2 Å². The number of fused-ring (bicyclic) bond motifs is 3. The van der Waals surface area contributed by atoms with Crippen LogP contribution in [0.2, 0.25) is 0 Å². The number of methoxy groups -OCH3 is 2. The molecule has 0 N–H and O–H groups in total. The van der Waals surface area contributed by atoms with Crippen LogP contribution in [0.15, 0.2) is 82.0 Å². The summed E-state index contributed by atoms with van der Waals surface area (Å²) in [4.78, 5) is 26.7. The molecule has 2 heterocycles. The Morgan fingerprint density at radius 2 is 1.66 bits per heavy atom. The molecule has 3 aromatic carbocycles. The van der Waals surface area contributed by atoms with E-state index < -0.39 is 17.6 Å². The molecule has 5 rings (SSSR count). The predicted octanol–water partition coefficient (Wildman–Crippen LogP) is 4.59. The van der Waals surface area contributed by atoms with Crippen molar-refractivity contribution in [1.82, 2.24) is 0 Å². The maximum absolute atomic E-state index is 13.6. The molecule has 32 heavy (non-hydrogen) atoms. The van der Waals surface area contributed by atoms with Gasteiger partial charge in [-0.2, -0.15) is 0 Å². The number of para-hydroxylation sites is 1. The molecular weight excluding hydrogens is 408 g/mol. The van der Waals surface area contributed by atoms with Crippen LogP contribution < -0.4 is 19.8 Å². The van der Waals surface area contributed by atoms with Crippen molar-refractivity contribution < 1.29 is 23.4 Å². The lowest BCUT2D eigenvalue weighted by Crippen LogP contribution is -2.31. The first-order valence-corrected chi connectivity index (χ1v) is 10.2. The summed E-state index contributed by atoms with van der Waals surface area (Å²) < 4.78 is 22.8. The zero-order valence-electron chi connectivity index (χ0n) is 17.5. The molecule has 0 spiro atoms. The molecule has 0 radical (unpaired) electrons. The fraction of sp³-hybridized carbons (Fsp3) is 0.154. The highest BCUT2D eigenvalue weighted by Gasteiger charge is 2.45. The minimum absolute atomic E-state index is 0.236. The lowest BCUT2D eigenvalue weighted by atomic mass is 9.84. The highest BCUT2D eigenvalue weighted by Crippen LogP contribution is 2.47. The van der Waals surface area contributed by atoms with E-state index in [1.54, 1.807) is 68.8 Å². The van der Waals surface area contributed by atoms with Gasteiger partial charge < -0.3 is 18.6 Å². The minimum Gasteiger partial charge on any atom is -0.497 e. The molecule has 2 unspecified atom stereocenters. The van der Waals surface area contributed by atoms with E-state index in [1.807, 2.05) is 18.2 Å². The summed E-state index contributed by atoms with van der Waals surface area (Å²) in [7, 11) is 3.10. The molecule has 0 saturated heterocycles. The van der Waals surface area contributed by atoms with Crippen LogP contribution in [0.1, 0.15) is 27.4 Å². The lowest BCUT2D eigenvalue weighted by Gasteiger charge is -2.21. The van der Waals surface area contributed by atoms with E-state index in [4.69, 9.17) is 18.6 Å². The zero-order chi connectivity index (χ0) is 22.2. The zero-order valence-corrected chi connectivity index (χ0v) is 17.5. The summed E-state index contributed by atoms with van der Waals surface area (Å²) >= 11 is 0. The standard InChI is InChI=1S/C26H20O6/c1-29-16-12-13-19(30-2)18(14-16)21-22-24(17-10-6-7-11-20(17)31-26(22)28)32-25(21)23(27)15-8-4-3-5-9-15/h3-14,21,25H,1-2H3. The SMILES string of the molecule is COc1ccc(OC)c(C2c3c(c4ccccc4oc3=O)OC2C(=O)c2ccccc2)c1. The summed E-state index contributed by atoms with van der Waals surface area (Å²) in [6.07, 6.45) is -0.970. The van der Waals surface area contributed by atoms with Crippen LogP contribution >= 0.6 is 0 Å². The van der Waals surface area contributed by atoms with Crippen molar-refractivity contribution in [1.29, 1.82) is 0 Å². The maximum atomic E-state index is 13.6. The van der Waals surface area contributed by atoms with Crippen molar-refractivity contribution in [2.24, 2.45) is 0 Å². The summed E-state index contributed by atoms with van der Waals surface area (Å²) in [5.74, 6) is 0.487. The van der Waals surface area contributed by atoms with E-state index >= 15 is 0 Å². The van der Waals surface area contributed by atoms with Crippen molar-refractivity contribution in [3.8, 4) is 17.2 Å². The van der Waals surface area contributed by atoms with Crippen molar-refractivity contribution in [2.45, 2.75) is 12.0 Å². The van der Waals surface area contributed by atoms with Crippen LogP contribution in [-0.4, -0.2) is 26.1 Å². The number of rotatable bonds is 5. The molecular formula is C26H20O6. The summed E-state index contributed by atoms with van der Waals surface area (Å²) in [5, 5.41) is 0.636. The number of carbonyl (C=O) groups excluding carboxylic acids is 1. The van der Waals surface area contributed by atoms with Crippen LogP contribution in [-0.2, 0) is 0 Å². The Morgan fingerprint density at radius 3 is 2.41 bits per heavy atom. The third-order valence-electron chi connectivity index (χ3n) is 5.75. The Kier molecular flexibility index (Phi) is 4.90. The summed E-state index contributed by atoms with van der Waals surface area (Å²) in [5.41, 5.74) is 1.26. The molecule has 0 fully saturated rings. The van der Waals surface area contributed by atoms with Gasteiger partial charge >= 0.3 is 5.63 Å². The van der Waals surface area contributed by atoms with Crippen molar-refractivity contribution >= 4 is 16.8 Å². The number of benzene rings is 3. The Hall–Kier alpha value is -4.06. The van der Waals surface area contributed by atoms with Gasteiger partial charge in [-0.05, 0) is 30.3 Å². The highest BCUT2D eigenvalue weighted by molar-refractivity contribution is 6.02. The molecule has 0 saturated carbocycles. The quantitative estimate of drug-likeness (QED) is 0.342. The van der Waals surface area contributed by atoms with Gasteiger partial charge in [0, 0.05) is 11.1 Å². The normalized spacial score (nSPS) is 16.9. The van der Waals surface area contributed by atoms with E-state index in [0.717, 1.165) is 0 Å². The molecule has 2 atom stereocenters. The third-order valence-corrected chi connectivity index (χ3v) is 5.75. The Labute approximate surface area is 184 Å². The monoisotopic (exact) mass is 428 g/mol. The van der Waals surface area contributed by atoms with E-state index in [2.05, 4.69) is 0 Å². The van der Waals surface area contributed by atoms with Crippen LogP contribution in [0, 0.1) is 0 Å². The second kappa shape index (κ2) is 7.89. The Balaban J connectivity index is 1.78. The van der Waals surface area contributed by atoms with Gasteiger partial charge in [0.1, 0.15) is 22.8 Å². The van der Waals surface area contributed by atoms with E-state index in [0.29, 0.717) is 44.9 Å². The first-order chi connectivity index (χ1) is 15.6. The molecule has 160 valence electrons. The van der Waals surface area contributed by atoms with Gasteiger partial charge in [0.2, 0.25) is 5.78 Å². The van der Waals surface area contributed by atoms with Gasteiger partial charge in [-0.15, -0.1) is 0 Å². The van der Waals surface area contributed by atoms with Crippen molar-refractivity contribution in [2.75, 3.05) is 14.2 Å². The van der Waals surface area contributed by atoms with Gasteiger partial charge in [-0.25, -0.2) is 4.79 Å². The lowest BCUT2D eigenvalue weighted by molar-refractivity contribution is 0.0807. The summed E-state index contributed by atoms with van der Waals surface area (Å²) in [6, 6.07) is 21.3. The third kappa shape index (κ3) is 3.12.